The van der Waals surface area contributed by atoms with Gasteiger partial charge in [-0.3, -0.25) is 14.3 Å². The largest absolute Gasteiger partial charge is 0.444 e. The molecule has 0 saturated heterocycles. The van der Waals surface area contributed by atoms with E-state index in [1.54, 1.807) is 39.1 Å². The molecule has 29 heavy (non-hydrogen) atoms. The number of nitrogens with zero attached hydrogens (tertiary/aromatic N) is 3. The van der Waals surface area contributed by atoms with Gasteiger partial charge in [0.25, 0.3) is 5.56 Å². The summed E-state index contributed by atoms with van der Waals surface area (Å²) in [5.41, 5.74) is -0.405. The van der Waals surface area contributed by atoms with Gasteiger partial charge in [0.15, 0.2) is 0 Å². The van der Waals surface area contributed by atoms with Crippen molar-refractivity contribution in [1.82, 2.24) is 19.9 Å². The third-order valence-corrected chi connectivity index (χ3v) is 4.29. The van der Waals surface area contributed by atoms with Crippen LogP contribution in [0.4, 0.5) is 9.18 Å². The van der Waals surface area contributed by atoms with E-state index in [-0.39, 0.29) is 28.9 Å². The number of benzene rings is 1. The summed E-state index contributed by atoms with van der Waals surface area (Å²) in [5.74, 6) is -0.329. The van der Waals surface area contributed by atoms with Crippen molar-refractivity contribution in [3.63, 3.8) is 0 Å². The Bertz CT molecular complexity index is 1110. The third kappa shape index (κ3) is 4.71. The van der Waals surface area contributed by atoms with Gasteiger partial charge in [0.2, 0.25) is 0 Å². The molecule has 1 N–H and O–H groups in total. The molecule has 0 aliphatic rings. The predicted molar refractivity (Wildman–Crippen MR) is 108 cm³/mol. The molecular formula is C20H20ClFN4O3. The second-order valence-corrected chi connectivity index (χ2v) is 7.69. The number of nitrogens with one attached hydrogen (secondary N) is 1. The monoisotopic (exact) mass is 418 g/mol. The number of alkyl carbamates (subject to hydrolysis) is 1. The van der Waals surface area contributed by atoms with E-state index in [9.17, 15) is 14.0 Å². The molecule has 0 radical (unpaired) electrons. The van der Waals surface area contributed by atoms with Gasteiger partial charge < -0.3 is 10.1 Å². The van der Waals surface area contributed by atoms with Gasteiger partial charge in [-0.05, 0) is 45.0 Å². The highest BCUT2D eigenvalue weighted by molar-refractivity contribution is 6.35. The Morgan fingerprint density at radius 1 is 1.31 bits per heavy atom. The summed E-state index contributed by atoms with van der Waals surface area (Å²) in [7, 11) is 0. The molecule has 0 bridgehead atoms. The van der Waals surface area contributed by atoms with Crippen LogP contribution in [0.15, 0.2) is 41.5 Å². The highest BCUT2D eigenvalue weighted by atomic mass is 35.5. The van der Waals surface area contributed by atoms with Crippen LogP contribution in [0.2, 0.25) is 5.02 Å². The Morgan fingerprint density at radius 2 is 2.07 bits per heavy atom. The number of fused-ring (bicyclic) bond motifs is 1. The van der Waals surface area contributed by atoms with Crippen LogP contribution in [-0.4, -0.2) is 32.8 Å². The predicted octanol–water partition coefficient (Wildman–Crippen LogP) is 3.64. The van der Waals surface area contributed by atoms with Gasteiger partial charge in [0, 0.05) is 19.2 Å². The first-order valence-corrected chi connectivity index (χ1v) is 9.32. The lowest BCUT2D eigenvalue weighted by molar-refractivity contribution is 0.0528. The molecule has 0 spiro atoms. The molecule has 0 aliphatic heterocycles. The number of amides is 1. The van der Waals surface area contributed by atoms with E-state index in [0.29, 0.717) is 11.5 Å². The SMILES string of the molecule is CC(C)(C)OC(=O)NCCc1nc2ccc(F)c(Cl)c2c(=O)n1-c1cccnc1. The summed E-state index contributed by atoms with van der Waals surface area (Å²) in [4.78, 5) is 33.5. The fraction of sp³-hybridized carbons (Fsp3) is 0.300. The summed E-state index contributed by atoms with van der Waals surface area (Å²) in [5, 5.41) is 2.34. The van der Waals surface area contributed by atoms with Crippen LogP contribution in [-0.2, 0) is 11.2 Å². The van der Waals surface area contributed by atoms with Gasteiger partial charge >= 0.3 is 6.09 Å². The molecule has 2 aromatic heterocycles. The molecule has 3 aromatic rings. The number of hydrogen-bond acceptors (Lipinski definition) is 5. The molecule has 152 valence electrons. The molecule has 0 aliphatic carbocycles. The normalized spacial score (nSPS) is 11.5. The van der Waals surface area contributed by atoms with E-state index in [4.69, 9.17) is 16.3 Å². The standard InChI is InChI=1S/C20H20ClFN4O3/c1-20(2,3)29-19(28)24-10-8-15-25-14-7-6-13(22)17(21)16(14)18(27)26(15)12-5-4-9-23-11-12/h4-7,9,11H,8,10H2,1-3H3,(H,24,28). The Morgan fingerprint density at radius 3 is 2.72 bits per heavy atom. The zero-order valence-corrected chi connectivity index (χ0v) is 17.0. The lowest BCUT2D eigenvalue weighted by Gasteiger charge is -2.20. The van der Waals surface area contributed by atoms with Crippen LogP contribution in [0, 0.1) is 5.82 Å². The number of carbonyl (C=O) groups excluding carboxylic acids is 1. The van der Waals surface area contributed by atoms with Crippen molar-refractivity contribution in [3.8, 4) is 5.69 Å². The number of rotatable bonds is 4. The van der Waals surface area contributed by atoms with E-state index in [1.807, 2.05) is 0 Å². The first kappa shape index (κ1) is 20.7. The zero-order valence-electron chi connectivity index (χ0n) is 16.2. The minimum Gasteiger partial charge on any atom is -0.444 e. The molecule has 9 heteroatoms. The average Bonchev–Trinajstić information content (AvgIpc) is 2.64. The number of carbonyl (C=O) groups is 1. The van der Waals surface area contributed by atoms with Gasteiger partial charge in [-0.25, -0.2) is 14.2 Å². The van der Waals surface area contributed by atoms with Crippen molar-refractivity contribution in [2.24, 2.45) is 0 Å². The summed E-state index contributed by atoms with van der Waals surface area (Å²) in [6, 6.07) is 5.91. The van der Waals surface area contributed by atoms with E-state index < -0.39 is 23.1 Å². The Labute approximate surface area is 171 Å². The number of halogens is 2. The van der Waals surface area contributed by atoms with Crippen LogP contribution in [0.1, 0.15) is 26.6 Å². The second kappa shape index (κ2) is 8.16. The summed E-state index contributed by atoms with van der Waals surface area (Å²) >= 11 is 6.03. The molecule has 0 fully saturated rings. The second-order valence-electron chi connectivity index (χ2n) is 7.31. The number of pyridine rings is 1. The van der Waals surface area contributed by atoms with Gasteiger partial charge in [0.05, 0.1) is 27.8 Å². The minimum atomic E-state index is -0.699. The zero-order chi connectivity index (χ0) is 21.2. The number of aromatic nitrogens is 3. The Hall–Kier alpha value is -3.00. The molecule has 3 rings (SSSR count). The quantitative estimate of drug-likeness (QED) is 0.699. The molecule has 0 unspecified atom stereocenters. The first-order chi connectivity index (χ1) is 13.7. The highest BCUT2D eigenvalue weighted by Crippen LogP contribution is 2.23. The average molecular weight is 419 g/mol. The topological polar surface area (TPSA) is 86.1 Å². The maximum atomic E-state index is 13.9. The van der Waals surface area contributed by atoms with Crippen LogP contribution in [0.25, 0.3) is 16.6 Å². The van der Waals surface area contributed by atoms with Gasteiger partial charge in [-0.2, -0.15) is 0 Å². The van der Waals surface area contributed by atoms with Crippen molar-refractivity contribution in [2.75, 3.05) is 6.54 Å². The third-order valence-electron chi connectivity index (χ3n) is 3.92. The van der Waals surface area contributed by atoms with Crippen LogP contribution < -0.4 is 10.9 Å². The first-order valence-electron chi connectivity index (χ1n) is 8.94. The van der Waals surface area contributed by atoms with E-state index >= 15 is 0 Å². The van der Waals surface area contributed by atoms with Crippen molar-refractivity contribution >= 4 is 28.6 Å². The van der Waals surface area contributed by atoms with Crippen molar-refractivity contribution < 1.29 is 13.9 Å². The van der Waals surface area contributed by atoms with E-state index in [0.717, 1.165) is 6.07 Å². The summed E-state index contributed by atoms with van der Waals surface area (Å²) in [6.45, 7) is 5.48. The van der Waals surface area contributed by atoms with Crippen molar-refractivity contribution in [1.29, 1.82) is 0 Å². The van der Waals surface area contributed by atoms with Crippen molar-refractivity contribution in [3.05, 3.63) is 63.7 Å². The molecule has 0 atom stereocenters. The van der Waals surface area contributed by atoms with Crippen LogP contribution >= 0.6 is 11.6 Å². The van der Waals surface area contributed by atoms with Crippen LogP contribution in [0.3, 0.4) is 0 Å². The lowest BCUT2D eigenvalue weighted by atomic mass is 10.2. The Balaban J connectivity index is 2.01. The molecular weight excluding hydrogens is 399 g/mol. The maximum absolute atomic E-state index is 13.9. The fourth-order valence-electron chi connectivity index (χ4n) is 2.77. The Kier molecular flexibility index (Phi) is 5.83. The smallest absolute Gasteiger partial charge is 0.407 e. The molecule has 7 nitrogen and oxygen atoms in total. The lowest BCUT2D eigenvalue weighted by Crippen LogP contribution is -2.34. The summed E-state index contributed by atoms with van der Waals surface area (Å²) < 4.78 is 20.4. The maximum Gasteiger partial charge on any atom is 0.407 e. The van der Waals surface area contributed by atoms with Crippen molar-refractivity contribution in [2.45, 2.75) is 32.8 Å². The molecule has 0 saturated carbocycles. The van der Waals surface area contributed by atoms with Gasteiger partial charge in [0.1, 0.15) is 17.2 Å². The van der Waals surface area contributed by atoms with Crippen LogP contribution in [0.5, 0.6) is 0 Å². The van der Waals surface area contributed by atoms with Gasteiger partial charge in [-0.15, -0.1) is 0 Å². The molecule has 2 heterocycles. The highest BCUT2D eigenvalue weighted by Gasteiger charge is 2.19. The fourth-order valence-corrected chi connectivity index (χ4v) is 3.01. The molecule has 1 aromatic carbocycles. The number of ether oxygens (including phenoxy) is 1. The van der Waals surface area contributed by atoms with Gasteiger partial charge in [-0.1, -0.05) is 11.6 Å². The van der Waals surface area contributed by atoms with E-state index in [2.05, 4.69) is 15.3 Å². The van der Waals surface area contributed by atoms with E-state index in [1.165, 1.54) is 16.8 Å². The number of hydrogen-bond donors (Lipinski definition) is 1. The summed E-state index contributed by atoms with van der Waals surface area (Å²) in [6.07, 6.45) is 2.72. The minimum absolute atomic E-state index is 0.0145. The molecule has 1 amide bonds.